The second-order valence-electron chi connectivity index (χ2n) is 6.76. The van der Waals surface area contributed by atoms with Gasteiger partial charge in [-0.3, -0.25) is 4.90 Å². The first-order valence-electron chi connectivity index (χ1n) is 7.72. The van der Waals surface area contributed by atoms with Crippen LogP contribution in [-0.2, 0) is 4.74 Å². The fourth-order valence-electron chi connectivity index (χ4n) is 2.71. The van der Waals surface area contributed by atoms with Gasteiger partial charge >= 0.3 is 6.09 Å². The van der Waals surface area contributed by atoms with Gasteiger partial charge in [-0.15, -0.1) is 0 Å². The molecule has 0 radical (unpaired) electrons. The maximum absolute atomic E-state index is 11.8. The maximum Gasteiger partial charge on any atom is 0.407 e. The normalized spacial score (nSPS) is 19.2. The molecule has 1 aromatic rings. The zero-order valence-corrected chi connectivity index (χ0v) is 13.5. The number of H-pyrrole nitrogens is 1. The number of alkyl carbamates (subject to hydrolysis) is 1. The number of hydrogen-bond donors (Lipinski definition) is 2. The highest BCUT2D eigenvalue weighted by atomic mass is 16.6. The summed E-state index contributed by atoms with van der Waals surface area (Å²) in [6.07, 6.45) is 3.58. The minimum atomic E-state index is -0.438. The van der Waals surface area contributed by atoms with Crippen LogP contribution in [0.2, 0.25) is 0 Å². The van der Waals surface area contributed by atoms with Gasteiger partial charge in [0, 0.05) is 37.1 Å². The number of rotatable bonds is 3. The Bertz CT molecular complexity index is 443. The number of nitrogens with one attached hydrogen (secondary N) is 2. The van der Waals surface area contributed by atoms with E-state index in [9.17, 15) is 4.79 Å². The second-order valence-corrected chi connectivity index (χ2v) is 6.76. The Morgan fingerprint density at radius 2 is 2.10 bits per heavy atom. The molecule has 1 aromatic heterocycles. The minimum absolute atomic E-state index is 0.215. The SMILES string of the molecule is C[C@@H](c1ccc[nH]1)N1CCC(NC(=O)OC(C)(C)C)CC1. The van der Waals surface area contributed by atoms with E-state index >= 15 is 0 Å². The maximum atomic E-state index is 11.8. The Balaban J connectivity index is 1.77. The van der Waals surface area contributed by atoms with E-state index < -0.39 is 5.60 Å². The lowest BCUT2D eigenvalue weighted by Crippen LogP contribution is -2.46. The van der Waals surface area contributed by atoms with Gasteiger partial charge in [-0.2, -0.15) is 0 Å². The van der Waals surface area contributed by atoms with Crippen LogP contribution in [0.3, 0.4) is 0 Å². The summed E-state index contributed by atoms with van der Waals surface area (Å²) >= 11 is 0. The summed E-state index contributed by atoms with van der Waals surface area (Å²) in [6, 6.07) is 4.76. The Morgan fingerprint density at radius 3 is 2.62 bits per heavy atom. The Labute approximate surface area is 127 Å². The third kappa shape index (κ3) is 4.77. The molecule has 1 fully saturated rings. The van der Waals surface area contributed by atoms with E-state index in [1.54, 1.807) is 0 Å². The third-order valence-electron chi connectivity index (χ3n) is 3.87. The van der Waals surface area contributed by atoms with Gasteiger partial charge in [0.15, 0.2) is 0 Å². The van der Waals surface area contributed by atoms with Crippen LogP contribution >= 0.6 is 0 Å². The number of hydrogen-bond acceptors (Lipinski definition) is 3. The lowest BCUT2D eigenvalue weighted by Gasteiger charge is -2.36. The first-order chi connectivity index (χ1) is 9.85. The number of aromatic amines is 1. The van der Waals surface area contributed by atoms with Gasteiger partial charge in [0.1, 0.15) is 5.60 Å². The smallest absolute Gasteiger partial charge is 0.407 e. The summed E-state index contributed by atoms with van der Waals surface area (Å²) in [4.78, 5) is 17.5. The molecule has 5 heteroatoms. The second kappa shape index (κ2) is 6.52. The number of carbonyl (C=O) groups is 1. The fraction of sp³-hybridized carbons (Fsp3) is 0.688. The van der Waals surface area contributed by atoms with Crippen molar-refractivity contribution in [2.75, 3.05) is 13.1 Å². The van der Waals surface area contributed by atoms with Crippen LogP contribution in [0.25, 0.3) is 0 Å². The standard InChI is InChI=1S/C16H27N3O2/c1-12(14-6-5-9-17-14)19-10-7-13(8-11-19)18-15(20)21-16(2,3)4/h5-6,9,12-13,17H,7-8,10-11H2,1-4H3,(H,18,20)/t12-/m0/s1. The summed E-state index contributed by atoms with van der Waals surface area (Å²) < 4.78 is 5.30. The lowest BCUT2D eigenvalue weighted by molar-refractivity contribution is 0.0469. The van der Waals surface area contributed by atoms with Crippen molar-refractivity contribution in [3.8, 4) is 0 Å². The van der Waals surface area contributed by atoms with E-state index in [1.165, 1.54) is 5.69 Å². The number of ether oxygens (including phenoxy) is 1. The largest absolute Gasteiger partial charge is 0.444 e. The van der Waals surface area contributed by atoms with E-state index in [2.05, 4.69) is 28.2 Å². The number of piperidine rings is 1. The highest BCUT2D eigenvalue weighted by Gasteiger charge is 2.26. The average Bonchev–Trinajstić information content (AvgIpc) is 2.90. The molecular formula is C16H27N3O2. The van der Waals surface area contributed by atoms with Crippen LogP contribution in [-0.4, -0.2) is 40.7 Å². The Morgan fingerprint density at radius 1 is 1.43 bits per heavy atom. The molecule has 0 aliphatic carbocycles. The van der Waals surface area contributed by atoms with Crippen molar-refractivity contribution < 1.29 is 9.53 Å². The molecule has 1 saturated heterocycles. The van der Waals surface area contributed by atoms with E-state index in [0.29, 0.717) is 6.04 Å². The van der Waals surface area contributed by atoms with Gasteiger partial charge in [0.2, 0.25) is 0 Å². The van der Waals surface area contributed by atoms with Gasteiger partial charge in [-0.05, 0) is 52.7 Å². The summed E-state index contributed by atoms with van der Waals surface area (Å²) in [6.45, 7) is 9.84. The van der Waals surface area contributed by atoms with Gasteiger partial charge in [-0.25, -0.2) is 4.79 Å². The molecule has 1 aliphatic rings. The molecule has 2 N–H and O–H groups in total. The van der Waals surface area contributed by atoms with Gasteiger partial charge in [-0.1, -0.05) is 0 Å². The van der Waals surface area contributed by atoms with Crippen LogP contribution in [0.1, 0.15) is 52.3 Å². The van der Waals surface area contributed by atoms with Gasteiger partial charge in [0.25, 0.3) is 0 Å². The van der Waals surface area contributed by atoms with Crippen molar-refractivity contribution in [3.05, 3.63) is 24.0 Å². The lowest BCUT2D eigenvalue weighted by atomic mass is 10.0. The van der Waals surface area contributed by atoms with Crippen molar-refractivity contribution in [1.82, 2.24) is 15.2 Å². The molecule has 2 rings (SSSR count). The number of aromatic nitrogens is 1. The van der Waals surface area contributed by atoms with Crippen molar-refractivity contribution >= 4 is 6.09 Å². The topological polar surface area (TPSA) is 57.4 Å². The van der Waals surface area contributed by atoms with Crippen molar-refractivity contribution in [2.45, 2.75) is 58.2 Å². The van der Waals surface area contributed by atoms with Gasteiger partial charge in [0.05, 0.1) is 0 Å². The molecule has 0 unspecified atom stereocenters. The van der Waals surface area contributed by atoms with E-state index in [-0.39, 0.29) is 12.1 Å². The third-order valence-corrected chi connectivity index (χ3v) is 3.87. The molecular weight excluding hydrogens is 266 g/mol. The van der Waals surface area contributed by atoms with Crippen LogP contribution in [0.5, 0.6) is 0 Å². The molecule has 0 aromatic carbocycles. The zero-order chi connectivity index (χ0) is 15.5. The summed E-state index contributed by atoms with van der Waals surface area (Å²) in [5.74, 6) is 0. The molecule has 1 atom stereocenters. The van der Waals surface area contributed by atoms with E-state index in [0.717, 1.165) is 25.9 Å². The van der Waals surface area contributed by atoms with E-state index in [4.69, 9.17) is 4.74 Å². The zero-order valence-electron chi connectivity index (χ0n) is 13.5. The summed E-state index contributed by atoms with van der Waals surface area (Å²) in [5, 5.41) is 2.97. The monoisotopic (exact) mass is 293 g/mol. The van der Waals surface area contributed by atoms with Crippen molar-refractivity contribution in [3.63, 3.8) is 0 Å². The number of carbonyl (C=O) groups excluding carboxylic acids is 1. The first kappa shape index (κ1) is 15.9. The van der Waals surface area contributed by atoms with Crippen molar-refractivity contribution in [2.24, 2.45) is 0 Å². The molecule has 1 aliphatic heterocycles. The van der Waals surface area contributed by atoms with Crippen LogP contribution in [0.15, 0.2) is 18.3 Å². The minimum Gasteiger partial charge on any atom is -0.444 e. The molecule has 0 bridgehead atoms. The summed E-state index contributed by atoms with van der Waals surface area (Å²) in [5.41, 5.74) is 0.806. The van der Waals surface area contributed by atoms with Crippen LogP contribution in [0.4, 0.5) is 4.79 Å². The molecule has 5 nitrogen and oxygen atoms in total. The molecule has 2 heterocycles. The molecule has 0 spiro atoms. The van der Waals surface area contributed by atoms with Crippen LogP contribution < -0.4 is 5.32 Å². The fourth-order valence-corrected chi connectivity index (χ4v) is 2.71. The van der Waals surface area contributed by atoms with Gasteiger partial charge < -0.3 is 15.0 Å². The van der Waals surface area contributed by atoms with Crippen LogP contribution in [0, 0.1) is 0 Å². The number of amides is 1. The Hall–Kier alpha value is -1.49. The van der Waals surface area contributed by atoms with E-state index in [1.807, 2.05) is 33.0 Å². The molecule has 118 valence electrons. The summed E-state index contributed by atoms with van der Waals surface area (Å²) in [7, 11) is 0. The van der Waals surface area contributed by atoms with Crippen molar-refractivity contribution in [1.29, 1.82) is 0 Å². The highest BCUT2D eigenvalue weighted by Crippen LogP contribution is 2.23. The number of likely N-dealkylation sites (tertiary alicyclic amines) is 1. The molecule has 21 heavy (non-hydrogen) atoms. The predicted octanol–water partition coefficient (Wildman–Crippen LogP) is 3.06. The quantitative estimate of drug-likeness (QED) is 0.900. The Kier molecular flexibility index (Phi) is 4.93. The molecule has 1 amide bonds. The average molecular weight is 293 g/mol. The molecule has 0 saturated carbocycles. The highest BCUT2D eigenvalue weighted by molar-refractivity contribution is 5.68. The number of nitrogens with zero attached hydrogens (tertiary/aromatic N) is 1. The first-order valence-corrected chi connectivity index (χ1v) is 7.72. The predicted molar refractivity (Wildman–Crippen MR) is 83.2 cm³/mol.